The number of aryl methyl sites for hydroxylation is 1. The summed E-state index contributed by atoms with van der Waals surface area (Å²) < 4.78 is 29.9. The summed E-state index contributed by atoms with van der Waals surface area (Å²) in [5, 5.41) is 4.28. The number of rotatable bonds is 5. The van der Waals surface area contributed by atoms with E-state index < -0.39 is 10.0 Å². The Morgan fingerprint density at radius 2 is 1.95 bits per heavy atom. The van der Waals surface area contributed by atoms with Crippen LogP contribution in [0.3, 0.4) is 0 Å². The Kier molecular flexibility index (Phi) is 4.22. The maximum atomic E-state index is 12.7. The average Bonchev–Trinajstić information content (AvgIpc) is 2.84. The van der Waals surface area contributed by atoms with Crippen molar-refractivity contribution in [3.05, 3.63) is 11.4 Å². The van der Waals surface area contributed by atoms with E-state index in [1.807, 2.05) is 6.92 Å². The Morgan fingerprint density at radius 1 is 1.35 bits per heavy atom. The third kappa shape index (κ3) is 2.89. The zero-order valence-corrected chi connectivity index (χ0v) is 13.3. The number of nitrogens with zero attached hydrogens (tertiary/aromatic N) is 2. The molecule has 1 saturated carbocycles. The van der Waals surface area contributed by atoms with Crippen LogP contribution in [0.4, 0.5) is 0 Å². The Bertz CT molecular complexity index is 586. The molecular formula is C13H24N4O2S. The molecule has 1 aromatic rings. The minimum atomic E-state index is -3.54. The summed E-state index contributed by atoms with van der Waals surface area (Å²) in [6.07, 6.45) is 3.93. The Morgan fingerprint density at radius 3 is 2.50 bits per heavy atom. The molecule has 1 aliphatic carbocycles. The van der Waals surface area contributed by atoms with Gasteiger partial charge in [-0.1, -0.05) is 12.8 Å². The molecule has 0 aromatic carbocycles. The van der Waals surface area contributed by atoms with Crippen molar-refractivity contribution in [2.45, 2.75) is 63.4 Å². The third-order valence-electron chi connectivity index (χ3n) is 4.01. The second kappa shape index (κ2) is 5.46. The lowest BCUT2D eigenvalue weighted by Crippen LogP contribution is -2.43. The molecule has 1 heterocycles. The fourth-order valence-electron chi connectivity index (χ4n) is 3.04. The van der Waals surface area contributed by atoms with E-state index in [1.54, 1.807) is 18.5 Å². The Hall–Kier alpha value is -0.920. The van der Waals surface area contributed by atoms with E-state index in [1.165, 1.54) is 0 Å². The maximum Gasteiger partial charge on any atom is 0.244 e. The summed E-state index contributed by atoms with van der Waals surface area (Å²) in [5.41, 5.74) is 6.39. The second-order valence-corrected chi connectivity index (χ2v) is 7.50. The normalized spacial score (nSPS) is 18.6. The van der Waals surface area contributed by atoms with Crippen molar-refractivity contribution in [3.63, 3.8) is 0 Å². The highest BCUT2D eigenvalue weighted by atomic mass is 32.2. The highest BCUT2D eigenvalue weighted by Gasteiger charge is 2.35. The van der Waals surface area contributed by atoms with Crippen LogP contribution in [-0.2, 0) is 16.6 Å². The van der Waals surface area contributed by atoms with Crippen molar-refractivity contribution < 1.29 is 8.42 Å². The number of hydrogen-bond acceptors (Lipinski definition) is 4. The average molecular weight is 300 g/mol. The summed E-state index contributed by atoms with van der Waals surface area (Å²) in [7, 11) is -3.54. The highest BCUT2D eigenvalue weighted by molar-refractivity contribution is 7.89. The SMILES string of the molecule is Cc1nn(CCN)c(C)c1S(=O)(=O)NC1(C)CCCC1. The van der Waals surface area contributed by atoms with E-state index in [4.69, 9.17) is 5.73 Å². The molecule has 7 heteroatoms. The first kappa shape index (κ1) is 15.5. The summed E-state index contributed by atoms with van der Waals surface area (Å²) in [4.78, 5) is 0.305. The van der Waals surface area contributed by atoms with Gasteiger partial charge in [0.05, 0.1) is 17.9 Å². The number of hydrogen-bond donors (Lipinski definition) is 2. The molecule has 0 saturated heterocycles. The van der Waals surface area contributed by atoms with E-state index in [0.717, 1.165) is 25.7 Å². The van der Waals surface area contributed by atoms with Gasteiger partial charge in [0.1, 0.15) is 4.90 Å². The van der Waals surface area contributed by atoms with Crippen molar-refractivity contribution in [1.82, 2.24) is 14.5 Å². The first-order valence-corrected chi connectivity index (χ1v) is 8.55. The van der Waals surface area contributed by atoms with Crippen LogP contribution in [0.5, 0.6) is 0 Å². The lowest BCUT2D eigenvalue weighted by Gasteiger charge is -2.25. The zero-order chi connectivity index (χ0) is 15.0. The molecule has 0 atom stereocenters. The molecule has 1 fully saturated rings. The number of nitrogens with one attached hydrogen (secondary N) is 1. The monoisotopic (exact) mass is 300 g/mol. The number of sulfonamides is 1. The van der Waals surface area contributed by atoms with Crippen LogP contribution in [0.25, 0.3) is 0 Å². The van der Waals surface area contributed by atoms with Gasteiger partial charge in [-0.15, -0.1) is 0 Å². The van der Waals surface area contributed by atoms with E-state index >= 15 is 0 Å². The van der Waals surface area contributed by atoms with Gasteiger partial charge in [0, 0.05) is 12.1 Å². The van der Waals surface area contributed by atoms with Crippen molar-refractivity contribution in [1.29, 1.82) is 0 Å². The quantitative estimate of drug-likeness (QED) is 0.851. The van der Waals surface area contributed by atoms with Gasteiger partial charge in [0.15, 0.2) is 0 Å². The molecule has 2 rings (SSSR count). The maximum absolute atomic E-state index is 12.7. The Balaban J connectivity index is 2.34. The third-order valence-corrected chi connectivity index (χ3v) is 5.90. The van der Waals surface area contributed by atoms with Crippen LogP contribution < -0.4 is 10.5 Å². The van der Waals surface area contributed by atoms with Gasteiger partial charge in [0.25, 0.3) is 0 Å². The standard InChI is InChI=1S/C13H24N4O2S/c1-10-12(11(2)17(15-10)9-8-14)20(18,19)16-13(3)6-4-5-7-13/h16H,4-9,14H2,1-3H3. The van der Waals surface area contributed by atoms with Gasteiger partial charge in [-0.3, -0.25) is 4.68 Å². The molecule has 0 amide bonds. The van der Waals surface area contributed by atoms with Gasteiger partial charge >= 0.3 is 0 Å². The van der Waals surface area contributed by atoms with Crippen LogP contribution in [0.15, 0.2) is 4.90 Å². The van der Waals surface area contributed by atoms with Crippen molar-refractivity contribution >= 4 is 10.0 Å². The van der Waals surface area contributed by atoms with Crippen molar-refractivity contribution in [2.75, 3.05) is 6.54 Å². The molecule has 0 bridgehead atoms. The van der Waals surface area contributed by atoms with Crippen LogP contribution >= 0.6 is 0 Å². The van der Waals surface area contributed by atoms with E-state index in [9.17, 15) is 8.42 Å². The molecule has 3 N–H and O–H groups in total. The lowest BCUT2D eigenvalue weighted by molar-refractivity contribution is 0.427. The first-order chi connectivity index (χ1) is 9.29. The predicted molar refractivity (Wildman–Crippen MR) is 77.9 cm³/mol. The molecule has 0 unspecified atom stereocenters. The topological polar surface area (TPSA) is 90.0 Å². The molecule has 6 nitrogen and oxygen atoms in total. The van der Waals surface area contributed by atoms with Crippen LogP contribution in [-0.4, -0.2) is 30.3 Å². The van der Waals surface area contributed by atoms with Crippen LogP contribution in [0.2, 0.25) is 0 Å². The lowest BCUT2D eigenvalue weighted by atomic mass is 10.0. The fraction of sp³-hybridized carbons (Fsp3) is 0.769. The van der Waals surface area contributed by atoms with Crippen LogP contribution in [0.1, 0.15) is 44.0 Å². The summed E-state index contributed by atoms with van der Waals surface area (Å²) in [6.45, 7) is 6.45. The van der Waals surface area contributed by atoms with Crippen molar-refractivity contribution in [2.24, 2.45) is 5.73 Å². The molecule has 0 radical (unpaired) electrons. The molecule has 1 aliphatic rings. The van der Waals surface area contributed by atoms with Gasteiger partial charge in [-0.05, 0) is 33.6 Å². The minimum Gasteiger partial charge on any atom is -0.329 e. The summed E-state index contributed by atoms with van der Waals surface area (Å²) in [5.74, 6) is 0. The Labute approximate surface area is 120 Å². The molecule has 114 valence electrons. The number of aromatic nitrogens is 2. The summed E-state index contributed by atoms with van der Waals surface area (Å²) in [6, 6.07) is 0. The molecule has 20 heavy (non-hydrogen) atoms. The molecule has 1 aromatic heterocycles. The van der Waals surface area contributed by atoms with Gasteiger partial charge in [-0.25, -0.2) is 13.1 Å². The molecule has 0 aliphatic heterocycles. The van der Waals surface area contributed by atoms with E-state index in [2.05, 4.69) is 9.82 Å². The number of nitrogens with two attached hydrogens (primary N) is 1. The minimum absolute atomic E-state index is 0.305. The zero-order valence-electron chi connectivity index (χ0n) is 12.4. The molecular weight excluding hydrogens is 276 g/mol. The fourth-order valence-corrected chi connectivity index (χ4v) is 4.92. The van der Waals surface area contributed by atoms with Gasteiger partial charge in [0.2, 0.25) is 10.0 Å². The van der Waals surface area contributed by atoms with Gasteiger partial charge < -0.3 is 5.73 Å². The predicted octanol–water partition coefficient (Wildman–Crippen LogP) is 1.07. The van der Waals surface area contributed by atoms with Gasteiger partial charge in [-0.2, -0.15) is 5.10 Å². The smallest absolute Gasteiger partial charge is 0.244 e. The second-order valence-electron chi connectivity index (χ2n) is 5.89. The highest BCUT2D eigenvalue weighted by Crippen LogP contribution is 2.31. The van der Waals surface area contributed by atoms with Crippen molar-refractivity contribution in [3.8, 4) is 0 Å². The molecule has 0 spiro atoms. The largest absolute Gasteiger partial charge is 0.329 e. The summed E-state index contributed by atoms with van der Waals surface area (Å²) >= 11 is 0. The first-order valence-electron chi connectivity index (χ1n) is 7.07. The van der Waals surface area contributed by atoms with E-state index in [-0.39, 0.29) is 5.54 Å². The van der Waals surface area contributed by atoms with Crippen LogP contribution in [0, 0.1) is 13.8 Å². The van der Waals surface area contributed by atoms with E-state index in [0.29, 0.717) is 29.4 Å².